The van der Waals surface area contributed by atoms with Gasteiger partial charge in [-0.15, -0.1) is 0 Å². The third kappa shape index (κ3) is 3.57. The number of rotatable bonds is 5. The number of halogens is 1. The van der Waals surface area contributed by atoms with E-state index in [9.17, 15) is 29.4 Å². The number of likely N-dealkylation sites (tertiary alicyclic amines) is 1. The molecule has 0 spiro atoms. The summed E-state index contributed by atoms with van der Waals surface area (Å²) in [6.07, 6.45) is 1.74. The Labute approximate surface area is 185 Å². The Bertz CT molecular complexity index is 1300. The average Bonchev–Trinajstić information content (AvgIpc) is 3.10. The van der Waals surface area contributed by atoms with Crippen LogP contribution >= 0.6 is 0 Å². The lowest BCUT2D eigenvalue weighted by atomic mass is 9.91. The van der Waals surface area contributed by atoms with Crippen molar-refractivity contribution < 1.29 is 38.8 Å². The zero-order valence-electron chi connectivity index (χ0n) is 17.3. The third-order valence-electron chi connectivity index (χ3n) is 5.99. The molecule has 174 valence electrons. The minimum Gasteiger partial charge on any atom is -0.489 e. The second-order valence-corrected chi connectivity index (χ2v) is 8.09. The Morgan fingerprint density at radius 2 is 1.94 bits per heavy atom. The van der Waals surface area contributed by atoms with Crippen molar-refractivity contribution in [3.05, 3.63) is 51.2 Å². The summed E-state index contributed by atoms with van der Waals surface area (Å²) in [6.45, 7) is 1.68. The van der Waals surface area contributed by atoms with Gasteiger partial charge in [0.25, 0.3) is 0 Å². The minimum atomic E-state index is -1.47. The van der Waals surface area contributed by atoms with E-state index in [2.05, 4.69) is 0 Å². The smallest absolute Gasteiger partial charge is 0.352 e. The van der Waals surface area contributed by atoms with Crippen LogP contribution in [-0.4, -0.2) is 68.4 Å². The van der Waals surface area contributed by atoms with Gasteiger partial charge in [-0.2, -0.15) is 0 Å². The molecule has 3 atom stereocenters. The Kier molecular flexibility index (Phi) is 5.32. The van der Waals surface area contributed by atoms with E-state index in [1.54, 1.807) is 11.5 Å². The summed E-state index contributed by atoms with van der Waals surface area (Å²) in [6, 6.07) is -0.171. The normalized spacial score (nSPS) is 22.3. The molecule has 2 aliphatic heterocycles. The highest BCUT2D eigenvalue weighted by Crippen LogP contribution is 2.43. The van der Waals surface area contributed by atoms with Gasteiger partial charge in [-0.25, -0.2) is 18.8 Å². The number of aromatic nitrogens is 1. The third-order valence-corrected chi connectivity index (χ3v) is 5.99. The molecule has 0 saturated carbocycles. The molecule has 0 amide bonds. The molecule has 1 aromatic carbocycles. The molecule has 11 nitrogen and oxygen atoms in total. The van der Waals surface area contributed by atoms with Gasteiger partial charge in [0, 0.05) is 36.8 Å². The number of pyridine rings is 1. The Morgan fingerprint density at radius 3 is 2.55 bits per heavy atom. The number of carbonyl (C=O) groups is 3. The van der Waals surface area contributed by atoms with E-state index in [0.717, 1.165) is 6.07 Å². The molecule has 0 aliphatic carbocycles. The van der Waals surface area contributed by atoms with E-state index in [4.69, 9.17) is 15.6 Å². The zero-order valence-corrected chi connectivity index (χ0v) is 17.3. The summed E-state index contributed by atoms with van der Waals surface area (Å²) < 4.78 is 22.7. The van der Waals surface area contributed by atoms with Crippen LogP contribution in [0, 0.1) is 5.82 Å². The average molecular weight is 461 g/mol. The fourth-order valence-corrected chi connectivity index (χ4v) is 4.48. The molecule has 3 unspecified atom stereocenters. The van der Waals surface area contributed by atoms with Crippen molar-refractivity contribution in [1.82, 2.24) is 9.47 Å². The van der Waals surface area contributed by atoms with Gasteiger partial charge in [0.15, 0.2) is 0 Å². The van der Waals surface area contributed by atoms with Gasteiger partial charge in [-0.05, 0) is 13.0 Å². The van der Waals surface area contributed by atoms with Gasteiger partial charge in [0.05, 0.1) is 23.0 Å². The fraction of sp³-hybridized carbons (Fsp3) is 0.333. The van der Waals surface area contributed by atoms with Gasteiger partial charge in [-0.1, -0.05) is 0 Å². The largest absolute Gasteiger partial charge is 0.489 e. The van der Waals surface area contributed by atoms with Crippen molar-refractivity contribution in [2.45, 2.75) is 24.9 Å². The van der Waals surface area contributed by atoms with Gasteiger partial charge in [-0.3, -0.25) is 4.79 Å². The number of carboxylic acid groups (broad SMARTS) is 3. The quantitative estimate of drug-likeness (QED) is 0.461. The summed E-state index contributed by atoms with van der Waals surface area (Å²) in [5.41, 5.74) is 4.62. The van der Waals surface area contributed by atoms with Crippen LogP contribution in [-0.2, 0) is 9.59 Å². The fourth-order valence-electron chi connectivity index (χ4n) is 4.48. The Morgan fingerprint density at radius 1 is 1.24 bits per heavy atom. The number of ether oxygens (including phenoxy) is 1. The maximum atomic E-state index is 15.4. The van der Waals surface area contributed by atoms with E-state index >= 15 is 4.39 Å². The highest BCUT2D eigenvalue weighted by atomic mass is 19.1. The number of nitrogens with two attached hydrogens (primary N) is 1. The molecule has 1 aromatic heterocycles. The lowest BCUT2D eigenvalue weighted by Crippen LogP contribution is -2.31. The first-order valence-electron chi connectivity index (χ1n) is 9.97. The van der Waals surface area contributed by atoms with Crippen molar-refractivity contribution in [1.29, 1.82) is 0 Å². The van der Waals surface area contributed by atoms with E-state index in [1.807, 2.05) is 0 Å². The molecule has 1 saturated heterocycles. The maximum absolute atomic E-state index is 15.4. The molecular formula is C21H20FN3O8. The first kappa shape index (κ1) is 22.3. The number of nitrogens with zero attached hydrogens (tertiary/aromatic N) is 2. The predicted molar refractivity (Wildman–Crippen MR) is 111 cm³/mol. The monoisotopic (exact) mass is 461 g/mol. The molecule has 2 aliphatic rings. The van der Waals surface area contributed by atoms with E-state index in [0.29, 0.717) is 6.08 Å². The molecule has 0 bridgehead atoms. The Hall–Kier alpha value is -3.93. The van der Waals surface area contributed by atoms with Crippen LogP contribution in [0.3, 0.4) is 0 Å². The number of aliphatic carboxylic acids is 2. The van der Waals surface area contributed by atoms with Crippen molar-refractivity contribution in [2.24, 2.45) is 5.73 Å². The van der Waals surface area contributed by atoms with Crippen LogP contribution in [0.2, 0.25) is 0 Å². The van der Waals surface area contributed by atoms with Crippen LogP contribution in [0.15, 0.2) is 28.8 Å². The van der Waals surface area contributed by atoms with Crippen LogP contribution in [0.5, 0.6) is 5.75 Å². The van der Waals surface area contributed by atoms with Gasteiger partial charge in [0.2, 0.25) is 5.43 Å². The van der Waals surface area contributed by atoms with Crippen LogP contribution < -0.4 is 15.9 Å². The number of carboxylic acids is 3. The van der Waals surface area contributed by atoms with Crippen molar-refractivity contribution in [3.63, 3.8) is 0 Å². The molecular weight excluding hydrogens is 441 g/mol. The number of hydrogen-bond donors (Lipinski definition) is 4. The highest BCUT2D eigenvalue weighted by Gasteiger charge is 2.40. The molecule has 0 radical (unpaired) electrons. The van der Waals surface area contributed by atoms with Crippen molar-refractivity contribution in [2.75, 3.05) is 19.7 Å². The maximum Gasteiger partial charge on any atom is 0.352 e. The molecule has 1 fully saturated rings. The summed E-state index contributed by atoms with van der Waals surface area (Å²) in [5.74, 6) is -5.94. The first-order valence-corrected chi connectivity index (χ1v) is 9.97. The van der Waals surface area contributed by atoms with E-state index < -0.39 is 52.4 Å². The summed E-state index contributed by atoms with van der Waals surface area (Å²) >= 11 is 0. The number of hydrogen-bond acceptors (Lipinski definition) is 7. The second-order valence-electron chi connectivity index (χ2n) is 8.09. The second kappa shape index (κ2) is 7.89. The molecule has 5 N–H and O–H groups in total. The zero-order chi connectivity index (χ0) is 24.2. The molecule has 12 heteroatoms. The molecule has 33 heavy (non-hydrogen) atoms. The molecule has 2 aromatic rings. The topological polar surface area (TPSA) is 172 Å². The Balaban J connectivity index is 1.90. The SMILES string of the molecule is CC1COc2c(C3CN(/C(=C/C(=O)O)C(=O)O)CC3N)c(F)cc3c(=O)c(C(=O)O)cn1c23. The standard InChI is InChI=1S/C21H20FN3O8/c1-8-7-33-19-16(10-4-24(6-13(10)23)14(21(31)32)3-15(26)27)12(22)2-9-17(19)25(8)5-11(18(9)28)20(29)30/h2-3,5,8,10,13H,4,6-7,23H2,1H3,(H,26,27)(H,29,30)(H,31,32)/b14-3+. The van der Waals surface area contributed by atoms with E-state index in [-0.39, 0.29) is 48.0 Å². The van der Waals surface area contributed by atoms with Crippen molar-refractivity contribution in [3.8, 4) is 5.75 Å². The predicted octanol–water partition coefficient (Wildman–Crippen LogP) is 0.572. The van der Waals surface area contributed by atoms with Gasteiger partial charge >= 0.3 is 17.9 Å². The van der Waals surface area contributed by atoms with Crippen LogP contribution in [0.25, 0.3) is 10.9 Å². The first-order chi connectivity index (χ1) is 15.5. The lowest BCUT2D eigenvalue weighted by molar-refractivity contribution is -0.136. The highest BCUT2D eigenvalue weighted by molar-refractivity contribution is 5.96. The lowest BCUT2D eigenvalue weighted by Gasteiger charge is -2.30. The van der Waals surface area contributed by atoms with Gasteiger partial charge in [0.1, 0.15) is 29.4 Å². The summed E-state index contributed by atoms with van der Waals surface area (Å²) in [4.78, 5) is 48.1. The molecule has 3 heterocycles. The minimum absolute atomic E-state index is 0.0284. The van der Waals surface area contributed by atoms with Crippen LogP contribution in [0.4, 0.5) is 4.39 Å². The van der Waals surface area contributed by atoms with Crippen molar-refractivity contribution >= 4 is 28.8 Å². The number of aromatic carboxylic acids is 1. The molecule has 4 rings (SSSR count). The summed E-state index contributed by atoms with van der Waals surface area (Å²) in [7, 11) is 0. The van der Waals surface area contributed by atoms with Crippen LogP contribution in [0.1, 0.15) is 34.8 Å². The number of benzene rings is 1. The summed E-state index contributed by atoms with van der Waals surface area (Å²) in [5, 5.41) is 27.6. The van der Waals surface area contributed by atoms with E-state index in [1.165, 1.54) is 11.1 Å². The van der Waals surface area contributed by atoms with Gasteiger partial charge < -0.3 is 35.3 Å².